The quantitative estimate of drug-likeness (QED) is 0.604. The molecule has 0 spiro atoms. The van der Waals surface area contributed by atoms with Crippen LogP contribution in [0.5, 0.6) is 0 Å². The topological polar surface area (TPSA) is 93.7 Å². The van der Waals surface area contributed by atoms with Crippen molar-refractivity contribution >= 4 is 23.1 Å². The van der Waals surface area contributed by atoms with E-state index in [-0.39, 0.29) is 23.8 Å². The highest BCUT2D eigenvalue weighted by atomic mass is 16.6. The maximum absolute atomic E-state index is 13.1. The zero-order chi connectivity index (χ0) is 19.1. The maximum Gasteiger partial charge on any atom is 0.271 e. The first-order valence-electron chi connectivity index (χ1n) is 8.85. The Labute approximate surface area is 155 Å². The summed E-state index contributed by atoms with van der Waals surface area (Å²) in [6.45, 7) is 1.80. The van der Waals surface area contributed by atoms with Gasteiger partial charge in [-0.3, -0.25) is 24.6 Å². The minimum Gasteiger partial charge on any atom is -0.469 e. The second-order valence-electron chi connectivity index (χ2n) is 6.87. The number of hydrogen-bond acceptors (Lipinski definition) is 5. The summed E-state index contributed by atoms with van der Waals surface area (Å²) in [6.07, 6.45) is 3.29. The first-order chi connectivity index (χ1) is 13.0. The standard InChI is InChI=1S/C20H18N2O5/c1-12-7-8-13(22(25)26)10-16(12)21-15-4-2-5-17(23)20(15)14(11-19(21)24)18-6-3-9-27-18/h3,6-10,14H,2,4-5,11H2,1H3. The van der Waals surface area contributed by atoms with Gasteiger partial charge >= 0.3 is 0 Å². The molecule has 0 saturated heterocycles. The fourth-order valence-electron chi connectivity index (χ4n) is 3.96. The highest BCUT2D eigenvalue weighted by molar-refractivity contribution is 6.07. The molecule has 1 amide bonds. The average molecular weight is 366 g/mol. The second-order valence-corrected chi connectivity index (χ2v) is 6.87. The van der Waals surface area contributed by atoms with E-state index in [4.69, 9.17) is 4.42 Å². The van der Waals surface area contributed by atoms with Gasteiger partial charge in [-0.05, 0) is 37.5 Å². The molecule has 1 unspecified atom stereocenters. The molecule has 1 aromatic carbocycles. The molecule has 1 aliphatic carbocycles. The third-order valence-electron chi connectivity index (χ3n) is 5.21. The summed E-state index contributed by atoms with van der Waals surface area (Å²) in [5.41, 5.74) is 2.37. The van der Waals surface area contributed by atoms with Crippen LogP contribution in [0.15, 0.2) is 52.3 Å². The molecule has 0 radical (unpaired) electrons. The van der Waals surface area contributed by atoms with E-state index in [0.717, 1.165) is 5.56 Å². The summed E-state index contributed by atoms with van der Waals surface area (Å²) in [5, 5.41) is 11.2. The Hall–Kier alpha value is -3.22. The van der Waals surface area contributed by atoms with Crippen LogP contribution in [0.25, 0.3) is 0 Å². The van der Waals surface area contributed by atoms with Crippen LogP contribution in [0.1, 0.15) is 42.9 Å². The molecule has 7 nitrogen and oxygen atoms in total. The van der Waals surface area contributed by atoms with Crippen molar-refractivity contribution in [2.45, 2.75) is 38.5 Å². The third kappa shape index (κ3) is 2.85. The monoisotopic (exact) mass is 366 g/mol. The van der Waals surface area contributed by atoms with E-state index in [1.807, 2.05) is 0 Å². The van der Waals surface area contributed by atoms with E-state index in [1.54, 1.807) is 25.1 Å². The number of furan rings is 1. The number of allylic oxidation sites excluding steroid dienone is 2. The molecule has 27 heavy (non-hydrogen) atoms. The number of rotatable bonds is 3. The number of aryl methyl sites for hydroxylation is 1. The smallest absolute Gasteiger partial charge is 0.271 e. The van der Waals surface area contributed by atoms with E-state index in [2.05, 4.69) is 0 Å². The lowest BCUT2D eigenvalue weighted by Crippen LogP contribution is -2.40. The maximum atomic E-state index is 13.1. The number of anilines is 1. The summed E-state index contributed by atoms with van der Waals surface area (Å²) in [6, 6.07) is 7.97. The number of ketones is 1. The fourth-order valence-corrected chi connectivity index (χ4v) is 3.96. The molecule has 138 valence electrons. The molecule has 2 aromatic rings. The number of amides is 1. The summed E-state index contributed by atoms with van der Waals surface area (Å²) < 4.78 is 5.49. The van der Waals surface area contributed by atoms with Crippen LogP contribution in [0.3, 0.4) is 0 Å². The summed E-state index contributed by atoms with van der Waals surface area (Å²) >= 11 is 0. The Morgan fingerprint density at radius 3 is 2.74 bits per heavy atom. The minimum absolute atomic E-state index is 0.0123. The number of non-ortho nitro benzene ring substituents is 1. The number of nitro benzene ring substituents is 1. The molecule has 1 aromatic heterocycles. The van der Waals surface area contributed by atoms with E-state index in [1.165, 1.54) is 23.3 Å². The number of carbonyl (C=O) groups is 2. The Morgan fingerprint density at radius 1 is 1.22 bits per heavy atom. The van der Waals surface area contributed by atoms with Crippen molar-refractivity contribution < 1.29 is 18.9 Å². The van der Waals surface area contributed by atoms with E-state index in [0.29, 0.717) is 42.0 Å². The molecule has 2 heterocycles. The molecule has 0 N–H and O–H groups in total. The number of hydrogen-bond donors (Lipinski definition) is 0. The normalized spacial score (nSPS) is 20.0. The minimum atomic E-state index is -0.482. The molecule has 4 rings (SSSR count). The van der Waals surface area contributed by atoms with Crippen LogP contribution >= 0.6 is 0 Å². The molecule has 0 bridgehead atoms. The zero-order valence-electron chi connectivity index (χ0n) is 14.8. The van der Waals surface area contributed by atoms with Crippen LogP contribution in [-0.2, 0) is 9.59 Å². The molecule has 0 saturated carbocycles. The Morgan fingerprint density at radius 2 is 2.04 bits per heavy atom. The Bertz CT molecular complexity index is 974. The number of nitrogens with zero attached hydrogens (tertiary/aromatic N) is 2. The average Bonchev–Trinajstić information content (AvgIpc) is 3.16. The van der Waals surface area contributed by atoms with Gasteiger partial charge in [0, 0.05) is 36.2 Å². The van der Waals surface area contributed by atoms with Gasteiger partial charge in [-0.25, -0.2) is 0 Å². The third-order valence-corrected chi connectivity index (χ3v) is 5.21. The molecule has 2 aliphatic rings. The van der Waals surface area contributed by atoms with Gasteiger partial charge in [-0.15, -0.1) is 0 Å². The molecular formula is C20H18N2O5. The van der Waals surface area contributed by atoms with Gasteiger partial charge in [0.1, 0.15) is 5.76 Å². The second kappa shape index (κ2) is 6.50. The molecular weight excluding hydrogens is 348 g/mol. The van der Waals surface area contributed by atoms with Gasteiger partial charge in [-0.1, -0.05) is 6.07 Å². The first kappa shape index (κ1) is 17.2. The van der Waals surface area contributed by atoms with Crippen molar-refractivity contribution in [3.63, 3.8) is 0 Å². The van der Waals surface area contributed by atoms with Gasteiger partial charge in [0.2, 0.25) is 5.91 Å². The van der Waals surface area contributed by atoms with Crippen LogP contribution in [0, 0.1) is 17.0 Å². The van der Waals surface area contributed by atoms with E-state index in [9.17, 15) is 19.7 Å². The SMILES string of the molecule is Cc1ccc([N+](=O)[O-])cc1N1C(=O)CC(c2ccco2)C2=C1CCCC2=O. The largest absolute Gasteiger partial charge is 0.469 e. The lowest BCUT2D eigenvalue weighted by molar-refractivity contribution is -0.384. The predicted molar refractivity (Wildman–Crippen MR) is 97.3 cm³/mol. The van der Waals surface area contributed by atoms with Crippen molar-refractivity contribution in [2.24, 2.45) is 0 Å². The van der Waals surface area contributed by atoms with Crippen LogP contribution < -0.4 is 4.90 Å². The van der Waals surface area contributed by atoms with Crippen LogP contribution in [0.4, 0.5) is 11.4 Å². The van der Waals surface area contributed by atoms with Crippen molar-refractivity contribution in [2.75, 3.05) is 4.90 Å². The van der Waals surface area contributed by atoms with E-state index < -0.39 is 10.8 Å². The Balaban J connectivity index is 1.89. The van der Waals surface area contributed by atoms with Crippen LogP contribution in [-0.4, -0.2) is 16.6 Å². The number of nitro groups is 1. The first-order valence-corrected chi connectivity index (χ1v) is 8.85. The lowest BCUT2D eigenvalue weighted by Gasteiger charge is -2.38. The number of carbonyl (C=O) groups excluding carboxylic acids is 2. The fraction of sp³-hybridized carbons (Fsp3) is 0.300. The summed E-state index contributed by atoms with van der Waals surface area (Å²) in [7, 11) is 0. The molecule has 1 atom stereocenters. The van der Waals surface area contributed by atoms with Gasteiger partial charge in [0.05, 0.1) is 22.8 Å². The lowest BCUT2D eigenvalue weighted by atomic mass is 9.79. The van der Waals surface area contributed by atoms with Gasteiger partial charge in [-0.2, -0.15) is 0 Å². The molecule has 1 aliphatic heterocycles. The zero-order valence-corrected chi connectivity index (χ0v) is 14.8. The van der Waals surface area contributed by atoms with Crippen molar-refractivity contribution in [1.82, 2.24) is 0 Å². The van der Waals surface area contributed by atoms with Crippen LogP contribution in [0.2, 0.25) is 0 Å². The summed E-state index contributed by atoms with van der Waals surface area (Å²) in [5.74, 6) is 0.0266. The van der Waals surface area contributed by atoms with E-state index >= 15 is 0 Å². The molecule has 7 heteroatoms. The van der Waals surface area contributed by atoms with Crippen molar-refractivity contribution in [3.05, 3.63) is 69.3 Å². The van der Waals surface area contributed by atoms with Gasteiger partial charge in [0.15, 0.2) is 5.78 Å². The Kier molecular flexibility index (Phi) is 4.14. The highest BCUT2D eigenvalue weighted by Gasteiger charge is 2.41. The highest BCUT2D eigenvalue weighted by Crippen LogP contribution is 2.44. The van der Waals surface area contributed by atoms with Crippen molar-refractivity contribution in [1.29, 1.82) is 0 Å². The molecule has 0 fully saturated rings. The van der Waals surface area contributed by atoms with Crippen molar-refractivity contribution in [3.8, 4) is 0 Å². The number of Topliss-reactive ketones (excluding diaryl/α,β-unsaturated/α-hetero) is 1. The van der Waals surface area contributed by atoms with Gasteiger partial charge in [0.25, 0.3) is 5.69 Å². The van der Waals surface area contributed by atoms with Gasteiger partial charge < -0.3 is 4.42 Å². The number of benzene rings is 1. The summed E-state index contributed by atoms with van der Waals surface area (Å²) in [4.78, 5) is 38.0. The predicted octanol–water partition coefficient (Wildman–Crippen LogP) is 4.02.